The van der Waals surface area contributed by atoms with Crippen LogP contribution in [0.4, 0.5) is 4.79 Å². The average molecular weight is 734 g/mol. The van der Waals surface area contributed by atoms with Gasteiger partial charge in [0, 0.05) is 19.0 Å². The summed E-state index contributed by atoms with van der Waals surface area (Å²) < 4.78 is 25.7. The van der Waals surface area contributed by atoms with E-state index in [0.717, 1.165) is 38.5 Å². The summed E-state index contributed by atoms with van der Waals surface area (Å²) in [6.45, 7) is 20.7. The third-order valence-corrected chi connectivity index (χ3v) is 15.4. The average Bonchev–Trinajstić information content (AvgIpc) is 3.24. The molecule has 0 aromatic rings. The topological polar surface area (TPSA) is 171 Å². The Labute approximate surface area is 305 Å². The predicted octanol–water partition coefficient (Wildman–Crippen LogP) is 4.04. The standard InChI is InChI=1S/C38H63N5O7S/c1-11-20-39-31(46)27(44)25(21-24-16-15-17-24)40-30(45)26-28-36(8,9)37(28,10)22-43(26)32(47)29(34(2,3)4)41-33(48)42-38(18-13-12-14-19-38)23-51(49,50)35(5,6)7/h11,24-26,28-29H,1,12-23H2,2-10H3,(H,39,46)(H,40,45)(H2,41,42,48)/t25?,26?,28?,29-,37?/m1/s1. The van der Waals surface area contributed by atoms with E-state index in [4.69, 9.17) is 0 Å². The number of nitrogens with zero attached hydrogens (tertiary/aromatic N) is 1. The summed E-state index contributed by atoms with van der Waals surface area (Å²) in [6, 6.07) is -3.62. The minimum Gasteiger partial charge on any atom is -0.346 e. The van der Waals surface area contributed by atoms with Crippen LogP contribution in [-0.2, 0) is 29.0 Å². The van der Waals surface area contributed by atoms with Crippen LogP contribution in [0.25, 0.3) is 0 Å². The summed E-state index contributed by atoms with van der Waals surface area (Å²) in [5.41, 5.74) is -2.39. The van der Waals surface area contributed by atoms with Gasteiger partial charge in [0.25, 0.3) is 5.91 Å². The summed E-state index contributed by atoms with van der Waals surface area (Å²) in [5, 5.41) is 11.3. The fraction of sp³-hybridized carbons (Fsp3) is 0.816. The van der Waals surface area contributed by atoms with Gasteiger partial charge in [-0.25, -0.2) is 13.2 Å². The Balaban J connectivity index is 1.59. The Kier molecular flexibility index (Phi) is 11.6. The van der Waals surface area contributed by atoms with Gasteiger partial charge in [0.1, 0.15) is 12.1 Å². The SMILES string of the molecule is C=CCNC(=O)C(=O)C(CC1CCC1)NC(=O)C1C2C(C)(C)C2(C)CN1C(=O)[C@@H](NC(=O)NC1(CS(=O)(=O)C(C)(C)C)CCCCC1)C(C)(C)C. The number of Topliss-reactive ketones (excluding diaryl/α,β-unsaturated/α-hetero) is 1. The van der Waals surface area contributed by atoms with Crippen molar-refractivity contribution in [2.45, 2.75) is 149 Å². The molecule has 1 heterocycles. The molecule has 4 rings (SSSR count). The molecule has 12 nitrogen and oxygen atoms in total. The number of rotatable bonds is 13. The first-order chi connectivity index (χ1) is 23.4. The third-order valence-electron chi connectivity index (χ3n) is 12.6. The molecule has 3 aliphatic carbocycles. The number of urea groups is 1. The van der Waals surface area contributed by atoms with Gasteiger partial charge < -0.3 is 26.2 Å². The van der Waals surface area contributed by atoms with Gasteiger partial charge in [-0.3, -0.25) is 19.2 Å². The highest BCUT2D eigenvalue weighted by atomic mass is 32.2. The molecule has 1 aliphatic heterocycles. The van der Waals surface area contributed by atoms with E-state index in [1.165, 1.54) is 6.08 Å². The molecule has 5 amide bonds. The number of ketones is 1. The predicted molar refractivity (Wildman–Crippen MR) is 197 cm³/mol. The van der Waals surface area contributed by atoms with Gasteiger partial charge in [-0.15, -0.1) is 6.58 Å². The third kappa shape index (κ3) is 8.33. The molecular formula is C38H63N5O7S. The molecule has 51 heavy (non-hydrogen) atoms. The smallest absolute Gasteiger partial charge is 0.315 e. The van der Waals surface area contributed by atoms with Crippen LogP contribution < -0.4 is 21.3 Å². The summed E-state index contributed by atoms with van der Waals surface area (Å²) in [7, 11) is -3.57. The quantitative estimate of drug-likeness (QED) is 0.164. The zero-order valence-corrected chi connectivity index (χ0v) is 33.2. The summed E-state index contributed by atoms with van der Waals surface area (Å²) in [6.07, 6.45) is 8.22. The maximum absolute atomic E-state index is 14.6. The molecule has 4 aliphatic rings. The molecule has 3 saturated carbocycles. The van der Waals surface area contributed by atoms with Crippen molar-refractivity contribution in [3.05, 3.63) is 12.7 Å². The Bertz CT molecular complexity index is 1500. The Hall–Kier alpha value is -2.96. The molecule has 0 spiro atoms. The van der Waals surface area contributed by atoms with Gasteiger partial charge in [-0.1, -0.05) is 86.1 Å². The van der Waals surface area contributed by atoms with Crippen LogP contribution in [0.1, 0.15) is 120 Å². The van der Waals surface area contributed by atoms with E-state index in [1.54, 1.807) is 25.7 Å². The number of sulfone groups is 1. The van der Waals surface area contributed by atoms with Crippen molar-refractivity contribution in [1.29, 1.82) is 0 Å². The molecule has 1 saturated heterocycles. The number of carbonyl (C=O) groups excluding carboxylic acids is 5. The first kappa shape index (κ1) is 40.8. The fourth-order valence-corrected chi connectivity index (χ4v) is 10.1. The highest BCUT2D eigenvalue weighted by Crippen LogP contribution is 2.74. The van der Waals surface area contributed by atoms with Gasteiger partial charge in [-0.2, -0.15) is 0 Å². The van der Waals surface area contributed by atoms with Crippen molar-refractivity contribution in [3.8, 4) is 0 Å². The minimum absolute atomic E-state index is 0.122. The number of fused-ring (bicyclic) bond motifs is 1. The van der Waals surface area contributed by atoms with Crippen LogP contribution in [0.3, 0.4) is 0 Å². The molecule has 0 aromatic carbocycles. The second kappa shape index (κ2) is 14.5. The van der Waals surface area contributed by atoms with Crippen LogP contribution in [0.15, 0.2) is 12.7 Å². The fourth-order valence-electron chi connectivity index (χ4n) is 8.60. The summed E-state index contributed by atoms with van der Waals surface area (Å²) in [4.78, 5) is 70.4. The Morgan fingerprint density at radius 3 is 2.04 bits per heavy atom. The van der Waals surface area contributed by atoms with Crippen molar-refractivity contribution >= 4 is 39.4 Å². The number of likely N-dealkylation sites (tertiary alicyclic amines) is 1. The van der Waals surface area contributed by atoms with Crippen LogP contribution in [-0.4, -0.2) is 90.1 Å². The zero-order valence-electron chi connectivity index (χ0n) is 32.4. The number of piperidine rings is 1. The molecule has 288 valence electrons. The van der Waals surface area contributed by atoms with Gasteiger partial charge >= 0.3 is 6.03 Å². The zero-order chi connectivity index (χ0) is 38.4. The summed E-state index contributed by atoms with van der Waals surface area (Å²) in [5.74, 6) is -2.60. The highest BCUT2D eigenvalue weighted by Gasteiger charge is 2.77. The van der Waals surface area contributed by atoms with E-state index < -0.39 is 73.2 Å². The Morgan fingerprint density at radius 1 is 0.922 bits per heavy atom. The number of amides is 5. The first-order valence-electron chi connectivity index (χ1n) is 18.8. The van der Waals surface area contributed by atoms with Gasteiger partial charge in [0.05, 0.1) is 22.1 Å². The molecule has 5 atom stereocenters. The number of nitrogens with one attached hydrogen (secondary N) is 4. The van der Waals surface area contributed by atoms with E-state index in [1.807, 2.05) is 20.8 Å². The van der Waals surface area contributed by atoms with E-state index in [9.17, 15) is 32.4 Å². The lowest BCUT2D eigenvalue weighted by molar-refractivity contribution is -0.145. The lowest BCUT2D eigenvalue weighted by Crippen LogP contribution is -2.64. The molecule has 0 bridgehead atoms. The first-order valence-corrected chi connectivity index (χ1v) is 20.4. The molecule has 4 N–H and O–H groups in total. The second-order valence-corrected chi connectivity index (χ2v) is 21.3. The van der Waals surface area contributed by atoms with Crippen molar-refractivity contribution in [2.24, 2.45) is 28.1 Å². The van der Waals surface area contributed by atoms with Gasteiger partial charge in [0.15, 0.2) is 9.84 Å². The Morgan fingerprint density at radius 2 is 1.53 bits per heavy atom. The largest absolute Gasteiger partial charge is 0.346 e. The maximum Gasteiger partial charge on any atom is 0.315 e. The van der Waals surface area contributed by atoms with E-state index in [-0.39, 0.29) is 41.5 Å². The van der Waals surface area contributed by atoms with E-state index in [0.29, 0.717) is 19.3 Å². The molecule has 13 heteroatoms. The van der Waals surface area contributed by atoms with Gasteiger partial charge in [-0.05, 0) is 62.2 Å². The number of carbonyl (C=O) groups is 5. The second-order valence-electron chi connectivity index (χ2n) is 18.6. The van der Waals surface area contributed by atoms with E-state index >= 15 is 0 Å². The van der Waals surface area contributed by atoms with Crippen LogP contribution in [0.2, 0.25) is 0 Å². The monoisotopic (exact) mass is 733 g/mol. The highest BCUT2D eigenvalue weighted by molar-refractivity contribution is 7.92. The van der Waals surface area contributed by atoms with Crippen molar-refractivity contribution in [1.82, 2.24) is 26.2 Å². The molecule has 4 fully saturated rings. The van der Waals surface area contributed by atoms with Crippen molar-refractivity contribution in [3.63, 3.8) is 0 Å². The molecular weight excluding hydrogens is 671 g/mol. The normalized spacial score (nSPS) is 26.8. The van der Waals surface area contributed by atoms with Crippen LogP contribution in [0, 0.1) is 28.1 Å². The number of hydrogen-bond donors (Lipinski definition) is 4. The summed E-state index contributed by atoms with van der Waals surface area (Å²) >= 11 is 0. The minimum atomic E-state index is -3.57. The van der Waals surface area contributed by atoms with Crippen LogP contribution >= 0.6 is 0 Å². The van der Waals surface area contributed by atoms with Crippen molar-refractivity contribution < 1.29 is 32.4 Å². The lowest BCUT2D eigenvalue weighted by Gasteiger charge is -2.41. The van der Waals surface area contributed by atoms with Crippen molar-refractivity contribution in [2.75, 3.05) is 18.8 Å². The maximum atomic E-state index is 14.6. The molecule has 0 radical (unpaired) electrons. The molecule has 0 aromatic heterocycles. The van der Waals surface area contributed by atoms with E-state index in [2.05, 4.69) is 48.6 Å². The lowest BCUT2D eigenvalue weighted by atomic mass is 9.80. The number of hydrogen-bond acceptors (Lipinski definition) is 7. The van der Waals surface area contributed by atoms with Gasteiger partial charge in [0.2, 0.25) is 17.6 Å². The van der Waals surface area contributed by atoms with Crippen LogP contribution in [0.5, 0.6) is 0 Å². The molecule has 4 unspecified atom stereocenters.